The summed E-state index contributed by atoms with van der Waals surface area (Å²) in [5.74, 6) is 0.296. The van der Waals surface area contributed by atoms with Crippen molar-refractivity contribution in [2.45, 2.75) is 69.1 Å². The number of sulfonamides is 1. The number of hydrogen-bond acceptors (Lipinski definition) is 4. The van der Waals surface area contributed by atoms with E-state index in [0.717, 1.165) is 16.7 Å². The van der Waals surface area contributed by atoms with Crippen LogP contribution in [0.15, 0.2) is 56.0 Å². The van der Waals surface area contributed by atoms with Crippen molar-refractivity contribution in [3.63, 3.8) is 0 Å². The second-order valence-electron chi connectivity index (χ2n) is 7.60. The predicted molar refractivity (Wildman–Crippen MR) is 111 cm³/mol. The lowest BCUT2D eigenvalue weighted by Crippen LogP contribution is -2.11. The predicted octanol–water partition coefficient (Wildman–Crippen LogP) is 5.95. The maximum Gasteiger partial charge on any atom is 0.261 e. The smallest absolute Gasteiger partial charge is 0.261 e. The van der Waals surface area contributed by atoms with Crippen LogP contribution in [0, 0.1) is 0 Å². The van der Waals surface area contributed by atoms with Gasteiger partial charge in [0.2, 0.25) is 0 Å². The molecule has 0 heterocycles. The molecule has 0 fully saturated rings. The van der Waals surface area contributed by atoms with Gasteiger partial charge < -0.3 is 4.21 Å². The van der Waals surface area contributed by atoms with Gasteiger partial charge in [0.15, 0.2) is 0 Å². The molecular weight excluding hydrogens is 378 g/mol. The summed E-state index contributed by atoms with van der Waals surface area (Å²) < 4.78 is 42.7. The van der Waals surface area contributed by atoms with Crippen LogP contribution in [0.4, 0.5) is 0 Å². The number of rotatable bonds is 6. The second kappa shape index (κ2) is 8.57. The minimum absolute atomic E-state index is 0.00587. The summed E-state index contributed by atoms with van der Waals surface area (Å²) in [6.45, 7) is 12.1. The Kier molecular flexibility index (Phi) is 6.87. The first-order valence-electron chi connectivity index (χ1n) is 9.17. The van der Waals surface area contributed by atoms with E-state index in [1.165, 1.54) is 0 Å². The van der Waals surface area contributed by atoms with Crippen molar-refractivity contribution in [1.29, 1.82) is 0 Å². The minimum atomic E-state index is -4.08. The molecule has 4 nitrogen and oxygen atoms in total. The molecular formula is C21H28NO3S2-. The summed E-state index contributed by atoms with van der Waals surface area (Å²) >= 11 is 0. The van der Waals surface area contributed by atoms with E-state index in [1.54, 1.807) is 30.3 Å². The Hall–Kier alpha value is -1.66. The first-order chi connectivity index (χ1) is 12.5. The third-order valence-electron chi connectivity index (χ3n) is 4.45. The average Bonchev–Trinajstić information content (AvgIpc) is 2.60. The zero-order valence-corrected chi connectivity index (χ0v) is 18.4. The molecule has 27 heavy (non-hydrogen) atoms. The maximum atomic E-state index is 13.2. The lowest BCUT2D eigenvalue weighted by molar-refractivity contribution is 0.589. The van der Waals surface area contributed by atoms with E-state index in [-0.39, 0.29) is 22.6 Å². The van der Waals surface area contributed by atoms with Crippen LogP contribution < -0.4 is 0 Å². The summed E-state index contributed by atoms with van der Waals surface area (Å²) in [5, 5.41) is 0. The molecule has 2 rings (SSSR count). The lowest BCUT2D eigenvalue weighted by atomic mass is 9.89. The highest BCUT2D eigenvalue weighted by Gasteiger charge is 2.25. The normalized spacial score (nSPS) is 13.7. The lowest BCUT2D eigenvalue weighted by Gasteiger charge is -2.22. The van der Waals surface area contributed by atoms with E-state index >= 15 is 0 Å². The number of hydrogen-bond donors (Lipinski definition) is 0. The van der Waals surface area contributed by atoms with Crippen molar-refractivity contribution in [2.75, 3.05) is 0 Å². The first kappa shape index (κ1) is 21.6. The molecule has 0 aromatic heterocycles. The van der Waals surface area contributed by atoms with E-state index in [2.05, 4.69) is 17.6 Å². The van der Waals surface area contributed by atoms with Crippen LogP contribution in [-0.4, -0.2) is 8.42 Å². The number of benzene rings is 2. The Morgan fingerprint density at radius 2 is 1.30 bits per heavy atom. The second-order valence-corrected chi connectivity index (χ2v) is 10.5. The molecule has 2 aromatic rings. The highest BCUT2D eigenvalue weighted by atomic mass is 32.3. The van der Waals surface area contributed by atoms with Gasteiger partial charge in [0.05, 0.1) is 4.90 Å². The minimum Gasteiger partial charge on any atom is -0.439 e. The standard InChI is InChI=1S/C21H28NO3S2/c1-14(2)17-12-19(15(3)4)21(20(13-17)16(5)6)27(24,25)22-26(23)18-10-8-7-9-11-18/h7-16H,1-6H3/q-1. The fraction of sp³-hybridized carbons (Fsp3) is 0.429. The SMILES string of the molecule is CC(C)c1cc(C(C)C)c(S(=O)(=O)N=[S-](=O)c2ccccc2)c(C(C)C)c1. The van der Waals surface area contributed by atoms with E-state index in [9.17, 15) is 12.6 Å². The summed E-state index contributed by atoms with van der Waals surface area (Å²) in [4.78, 5) is 0.582. The van der Waals surface area contributed by atoms with Crippen molar-refractivity contribution in [3.05, 3.63) is 59.2 Å². The summed E-state index contributed by atoms with van der Waals surface area (Å²) in [7, 11) is -6.05. The van der Waals surface area contributed by atoms with Crippen molar-refractivity contribution in [1.82, 2.24) is 0 Å². The van der Waals surface area contributed by atoms with Gasteiger partial charge in [0.1, 0.15) is 0 Å². The molecule has 0 bridgehead atoms. The zero-order valence-electron chi connectivity index (χ0n) is 16.8. The molecule has 0 saturated carbocycles. The van der Waals surface area contributed by atoms with Gasteiger partial charge in [0, 0.05) is 0 Å². The monoisotopic (exact) mass is 406 g/mol. The molecule has 148 valence electrons. The molecule has 0 aliphatic heterocycles. The topological polar surface area (TPSA) is 63.6 Å². The molecule has 0 aliphatic rings. The molecule has 0 aliphatic carbocycles. The van der Waals surface area contributed by atoms with Crippen LogP contribution in [-0.2, 0) is 24.8 Å². The van der Waals surface area contributed by atoms with Crippen LogP contribution in [0.3, 0.4) is 0 Å². The fourth-order valence-electron chi connectivity index (χ4n) is 2.89. The van der Waals surface area contributed by atoms with E-state index in [4.69, 9.17) is 0 Å². The highest BCUT2D eigenvalue weighted by molar-refractivity contribution is 7.96. The Morgan fingerprint density at radius 1 is 0.815 bits per heavy atom. The molecule has 6 heteroatoms. The molecule has 2 aromatic carbocycles. The van der Waals surface area contributed by atoms with Gasteiger partial charge in [-0.3, -0.25) is 3.77 Å². The molecule has 0 N–H and O–H groups in total. The van der Waals surface area contributed by atoms with Gasteiger partial charge in [-0.25, -0.2) is 8.42 Å². The molecule has 0 unspecified atom stereocenters. The third-order valence-corrected chi connectivity index (χ3v) is 7.44. The van der Waals surface area contributed by atoms with Gasteiger partial charge in [-0.05, 0) is 34.4 Å². The fourth-order valence-corrected chi connectivity index (χ4v) is 5.82. The van der Waals surface area contributed by atoms with Crippen LogP contribution in [0.25, 0.3) is 0 Å². The molecule has 0 amide bonds. The Labute approximate surface area is 165 Å². The molecule has 0 saturated heterocycles. The van der Waals surface area contributed by atoms with Crippen molar-refractivity contribution >= 4 is 20.6 Å². The highest BCUT2D eigenvalue weighted by Crippen LogP contribution is 2.36. The van der Waals surface area contributed by atoms with Crippen molar-refractivity contribution < 1.29 is 12.6 Å². The van der Waals surface area contributed by atoms with Gasteiger partial charge >= 0.3 is 0 Å². The molecule has 0 radical (unpaired) electrons. The Bertz CT molecular complexity index is 956. The van der Waals surface area contributed by atoms with Crippen LogP contribution >= 0.6 is 0 Å². The quantitative estimate of drug-likeness (QED) is 0.557. The van der Waals surface area contributed by atoms with E-state index in [0.29, 0.717) is 4.90 Å². The first-order valence-corrected chi connectivity index (χ1v) is 11.7. The van der Waals surface area contributed by atoms with Crippen LogP contribution in [0.5, 0.6) is 0 Å². The van der Waals surface area contributed by atoms with Crippen molar-refractivity contribution in [2.24, 2.45) is 3.77 Å². The molecule has 0 atom stereocenters. The average molecular weight is 407 g/mol. The summed E-state index contributed by atoms with van der Waals surface area (Å²) in [6, 6.07) is 12.4. The zero-order chi connectivity index (χ0) is 20.4. The molecule has 0 spiro atoms. The van der Waals surface area contributed by atoms with Crippen LogP contribution in [0.1, 0.15) is 76.0 Å². The van der Waals surface area contributed by atoms with E-state index < -0.39 is 20.6 Å². The van der Waals surface area contributed by atoms with E-state index in [1.807, 2.05) is 39.8 Å². The summed E-state index contributed by atoms with van der Waals surface area (Å²) in [6.07, 6.45) is 0. The Balaban J connectivity index is 2.77. The maximum absolute atomic E-state index is 13.2. The van der Waals surface area contributed by atoms with Gasteiger partial charge in [-0.1, -0.05) is 88.9 Å². The van der Waals surface area contributed by atoms with Gasteiger partial charge in [0.25, 0.3) is 10.0 Å². The van der Waals surface area contributed by atoms with Gasteiger partial charge in [-0.2, -0.15) is 0 Å². The summed E-state index contributed by atoms with van der Waals surface area (Å²) in [5.41, 5.74) is 2.57. The van der Waals surface area contributed by atoms with Gasteiger partial charge in [-0.15, -0.1) is 10.6 Å². The van der Waals surface area contributed by atoms with Crippen LogP contribution in [0.2, 0.25) is 0 Å². The van der Waals surface area contributed by atoms with Crippen molar-refractivity contribution in [3.8, 4) is 0 Å². The largest absolute Gasteiger partial charge is 0.439 e. The number of nitrogens with zero attached hydrogens (tertiary/aromatic N) is 1. The Morgan fingerprint density at radius 3 is 1.70 bits per heavy atom. The third kappa shape index (κ3) is 4.99.